The van der Waals surface area contributed by atoms with Gasteiger partial charge in [0.1, 0.15) is 24.3 Å². The second-order valence-corrected chi connectivity index (χ2v) is 4.21. The van der Waals surface area contributed by atoms with Gasteiger partial charge in [-0.25, -0.2) is 4.39 Å². The van der Waals surface area contributed by atoms with Crippen molar-refractivity contribution in [1.82, 2.24) is 0 Å². The molecule has 1 aromatic carbocycles. The number of halogens is 1. The third kappa shape index (κ3) is 2.93. The van der Waals surface area contributed by atoms with Gasteiger partial charge in [-0.05, 0) is 19.1 Å². The Morgan fingerprint density at radius 3 is 3.21 bits per heavy atom. The minimum Gasteiger partial charge on any atom is -0.489 e. The molecule has 5 heteroatoms. The van der Waals surface area contributed by atoms with E-state index in [1.54, 1.807) is 24.0 Å². The van der Waals surface area contributed by atoms with Crippen LogP contribution in [0.5, 0.6) is 5.75 Å². The molecule has 0 saturated heterocycles. The van der Waals surface area contributed by atoms with Crippen molar-refractivity contribution in [2.75, 3.05) is 24.7 Å². The predicted molar refractivity (Wildman–Crippen MR) is 69.9 cm³/mol. The molecule has 0 bridgehead atoms. The highest BCUT2D eigenvalue weighted by atomic mass is 19.1. The van der Waals surface area contributed by atoms with Gasteiger partial charge in [0.2, 0.25) is 0 Å². The lowest BCUT2D eigenvalue weighted by Crippen LogP contribution is -2.43. The number of ether oxygens (including phenoxy) is 2. The number of nitrogens with zero attached hydrogens (tertiary/aromatic N) is 1. The second-order valence-electron chi connectivity index (χ2n) is 4.21. The molecule has 2 rings (SSSR count). The molecule has 1 heterocycles. The summed E-state index contributed by atoms with van der Waals surface area (Å²) in [6.07, 6.45) is 1.01. The zero-order valence-electron chi connectivity index (χ0n) is 10.8. The lowest BCUT2D eigenvalue weighted by molar-refractivity contribution is -0.128. The van der Waals surface area contributed by atoms with E-state index < -0.39 is 6.10 Å². The van der Waals surface area contributed by atoms with Crippen molar-refractivity contribution in [3.63, 3.8) is 0 Å². The van der Waals surface area contributed by atoms with Crippen LogP contribution in [0.2, 0.25) is 0 Å². The summed E-state index contributed by atoms with van der Waals surface area (Å²) in [4.78, 5) is 13.8. The highest BCUT2D eigenvalue weighted by Gasteiger charge is 2.27. The summed E-state index contributed by atoms with van der Waals surface area (Å²) in [6, 6.07) is 4.13. The van der Waals surface area contributed by atoms with Crippen molar-refractivity contribution >= 4 is 11.6 Å². The number of rotatable bonds is 4. The van der Waals surface area contributed by atoms with Crippen molar-refractivity contribution in [2.45, 2.75) is 13.0 Å². The molecule has 0 unspecified atom stereocenters. The molecule has 19 heavy (non-hydrogen) atoms. The van der Waals surface area contributed by atoms with Crippen molar-refractivity contribution in [3.8, 4) is 5.75 Å². The minimum absolute atomic E-state index is 0.169. The van der Waals surface area contributed by atoms with E-state index in [9.17, 15) is 9.18 Å². The zero-order valence-corrected chi connectivity index (χ0v) is 10.8. The highest BCUT2D eigenvalue weighted by molar-refractivity contribution is 5.98. The average molecular weight is 265 g/mol. The molecule has 4 nitrogen and oxygen atoms in total. The largest absolute Gasteiger partial charge is 0.489 e. The van der Waals surface area contributed by atoms with Crippen LogP contribution in [0.1, 0.15) is 6.92 Å². The maximum absolute atomic E-state index is 13.1. The van der Waals surface area contributed by atoms with Crippen molar-refractivity contribution in [3.05, 3.63) is 36.7 Å². The number of benzene rings is 1. The topological polar surface area (TPSA) is 38.8 Å². The van der Waals surface area contributed by atoms with Gasteiger partial charge in [0.15, 0.2) is 0 Å². The van der Waals surface area contributed by atoms with E-state index in [0.717, 1.165) is 0 Å². The SMILES string of the molecule is C=CCO[C@@H](C)C(=O)N1CCOc2cc(F)ccc21. The standard InChI is InChI=1S/C14H16FNO3/c1-3-7-18-10(2)14(17)16-6-8-19-13-9-11(15)4-5-12(13)16/h3-5,9-10H,1,6-8H2,2H3/t10-/m0/s1. The average Bonchev–Trinajstić information content (AvgIpc) is 2.42. The third-order valence-electron chi connectivity index (χ3n) is 2.86. The Morgan fingerprint density at radius 2 is 2.47 bits per heavy atom. The first-order valence-electron chi connectivity index (χ1n) is 6.09. The fourth-order valence-corrected chi connectivity index (χ4v) is 1.93. The van der Waals surface area contributed by atoms with Crippen LogP contribution in [-0.2, 0) is 9.53 Å². The second kappa shape index (κ2) is 5.84. The molecular weight excluding hydrogens is 249 g/mol. The van der Waals surface area contributed by atoms with Crippen LogP contribution < -0.4 is 9.64 Å². The Kier molecular flexibility index (Phi) is 4.16. The van der Waals surface area contributed by atoms with Gasteiger partial charge in [-0.2, -0.15) is 0 Å². The van der Waals surface area contributed by atoms with Gasteiger partial charge in [-0.1, -0.05) is 6.08 Å². The Balaban J connectivity index is 2.18. The van der Waals surface area contributed by atoms with Crippen molar-refractivity contribution in [2.24, 2.45) is 0 Å². The summed E-state index contributed by atoms with van der Waals surface area (Å²) in [5.74, 6) is -0.169. The number of anilines is 1. The molecule has 0 N–H and O–H groups in total. The molecule has 1 amide bonds. The summed E-state index contributed by atoms with van der Waals surface area (Å²) in [5, 5.41) is 0. The van der Waals surface area contributed by atoms with Crippen LogP contribution >= 0.6 is 0 Å². The van der Waals surface area contributed by atoms with Gasteiger partial charge in [-0.3, -0.25) is 4.79 Å². The highest BCUT2D eigenvalue weighted by Crippen LogP contribution is 2.32. The van der Waals surface area contributed by atoms with E-state index >= 15 is 0 Å². The first-order chi connectivity index (χ1) is 9.13. The third-order valence-corrected chi connectivity index (χ3v) is 2.86. The van der Waals surface area contributed by atoms with Gasteiger partial charge in [0, 0.05) is 6.07 Å². The van der Waals surface area contributed by atoms with Crippen molar-refractivity contribution < 1.29 is 18.7 Å². The summed E-state index contributed by atoms with van der Waals surface area (Å²) in [5.41, 5.74) is 0.576. The van der Waals surface area contributed by atoms with Crippen LogP contribution in [0.3, 0.4) is 0 Å². The molecular formula is C14H16FNO3. The zero-order chi connectivity index (χ0) is 13.8. The molecule has 0 aromatic heterocycles. The molecule has 0 spiro atoms. The number of carbonyl (C=O) groups excluding carboxylic acids is 1. The fourth-order valence-electron chi connectivity index (χ4n) is 1.93. The molecule has 1 aromatic rings. The monoisotopic (exact) mass is 265 g/mol. The van der Waals surface area contributed by atoms with Gasteiger partial charge >= 0.3 is 0 Å². The molecule has 1 atom stereocenters. The van der Waals surface area contributed by atoms with Gasteiger partial charge in [-0.15, -0.1) is 6.58 Å². The van der Waals surface area contributed by atoms with Crippen LogP contribution in [0.4, 0.5) is 10.1 Å². The maximum atomic E-state index is 13.1. The summed E-state index contributed by atoms with van der Waals surface area (Å²) < 4.78 is 23.8. The van der Waals surface area contributed by atoms with Crippen LogP contribution in [0.15, 0.2) is 30.9 Å². The number of hydrogen-bond acceptors (Lipinski definition) is 3. The van der Waals surface area contributed by atoms with Crippen LogP contribution in [0, 0.1) is 5.82 Å². The first-order valence-corrected chi connectivity index (χ1v) is 6.09. The van der Waals surface area contributed by atoms with E-state index in [4.69, 9.17) is 9.47 Å². The van der Waals surface area contributed by atoms with Crippen LogP contribution in [0.25, 0.3) is 0 Å². The molecule has 1 aliphatic rings. The lowest BCUT2D eigenvalue weighted by Gasteiger charge is -2.31. The lowest BCUT2D eigenvalue weighted by atomic mass is 10.2. The molecule has 0 saturated carbocycles. The summed E-state index contributed by atoms with van der Waals surface area (Å²) in [7, 11) is 0. The van der Waals surface area contributed by atoms with E-state index in [2.05, 4.69) is 6.58 Å². The van der Waals surface area contributed by atoms with Gasteiger partial charge in [0.25, 0.3) is 5.91 Å². The quantitative estimate of drug-likeness (QED) is 0.783. The minimum atomic E-state index is -0.575. The number of hydrogen-bond donors (Lipinski definition) is 0. The van der Waals surface area contributed by atoms with Crippen molar-refractivity contribution in [1.29, 1.82) is 0 Å². The predicted octanol–water partition coefficient (Wildman–Crippen LogP) is 2.14. The Labute approximate surface area is 111 Å². The normalized spacial score (nSPS) is 15.4. The first kappa shape index (κ1) is 13.5. The smallest absolute Gasteiger partial charge is 0.256 e. The Morgan fingerprint density at radius 1 is 1.68 bits per heavy atom. The van der Waals surface area contributed by atoms with E-state index in [0.29, 0.717) is 31.2 Å². The maximum Gasteiger partial charge on any atom is 0.256 e. The number of carbonyl (C=O) groups is 1. The Bertz CT molecular complexity index is 490. The molecule has 0 aliphatic carbocycles. The van der Waals surface area contributed by atoms with Gasteiger partial charge < -0.3 is 14.4 Å². The number of fused-ring (bicyclic) bond motifs is 1. The van der Waals surface area contributed by atoms with E-state index in [-0.39, 0.29) is 11.7 Å². The molecule has 0 radical (unpaired) electrons. The molecule has 102 valence electrons. The molecule has 0 fully saturated rings. The Hall–Kier alpha value is -1.88. The number of amides is 1. The van der Waals surface area contributed by atoms with E-state index in [1.807, 2.05) is 0 Å². The van der Waals surface area contributed by atoms with Gasteiger partial charge in [0.05, 0.1) is 18.8 Å². The summed E-state index contributed by atoms with van der Waals surface area (Å²) >= 11 is 0. The van der Waals surface area contributed by atoms with E-state index in [1.165, 1.54) is 12.1 Å². The fraction of sp³-hybridized carbons (Fsp3) is 0.357. The summed E-state index contributed by atoms with van der Waals surface area (Å²) in [6.45, 7) is 6.31. The molecule has 1 aliphatic heterocycles. The van der Waals surface area contributed by atoms with Crippen LogP contribution in [-0.4, -0.2) is 31.8 Å².